The van der Waals surface area contributed by atoms with Crippen molar-refractivity contribution in [3.63, 3.8) is 0 Å². The summed E-state index contributed by atoms with van der Waals surface area (Å²) >= 11 is 0. The lowest BCUT2D eigenvalue weighted by Gasteiger charge is -2.24. The zero-order valence-electron chi connectivity index (χ0n) is 19.6. The van der Waals surface area contributed by atoms with Crippen molar-refractivity contribution in [2.24, 2.45) is 11.8 Å². The molecule has 2 fully saturated rings. The van der Waals surface area contributed by atoms with E-state index in [1.165, 1.54) is 0 Å². The SMILES string of the molecule is COc1cc2nc(C)nc(NC(C)c3cccc(C#N)c3C)c2cc1N1CC2COCC2C1. The van der Waals surface area contributed by atoms with E-state index in [4.69, 9.17) is 14.5 Å². The number of nitrogens with one attached hydrogen (secondary N) is 1. The van der Waals surface area contributed by atoms with Gasteiger partial charge in [-0.05, 0) is 44.0 Å². The number of rotatable bonds is 5. The maximum absolute atomic E-state index is 9.42. The number of benzene rings is 2. The molecule has 7 nitrogen and oxygen atoms in total. The number of fused-ring (bicyclic) bond motifs is 2. The standard InChI is InChI=1S/C26H29N5O2/c1-15-18(10-27)6-5-7-21(15)16(2)28-26-22-8-24(31-11-19-13-33-14-20(19)12-31)25(32-4)9-23(22)29-17(3)30-26/h5-9,16,19-20H,11-14H2,1-4H3,(H,28,29,30). The summed E-state index contributed by atoms with van der Waals surface area (Å²) < 4.78 is 11.4. The van der Waals surface area contributed by atoms with E-state index < -0.39 is 0 Å². The van der Waals surface area contributed by atoms with Crippen molar-refractivity contribution in [1.29, 1.82) is 5.26 Å². The van der Waals surface area contributed by atoms with Gasteiger partial charge in [0.15, 0.2) is 0 Å². The minimum absolute atomic E-state index is 0.0235. The lowest BCUT2D eigenvalue weighted by atomic mass is 9.98. The summed E-state index contributed by atoms with van der Waals surface area (Å²) in [5.74, 6) is 3.47. The predicted octanol–water partition coefficient (Wildman–Crippen LogP) is 4.38. The lowest BCUT2D eigenvalue weighted by Crippen LogP contribution is -2.22. The lowest BCUT2D eigenvalue weighted by molar-refractivity contribution is 0.177. The Kier molecular flexibility index (Phi) is 5.55. The van der Waals surface area contributed by atoms with Gasteiger partial charge in [-0.2, -0.15) is 5.26 Å². The maximum atomic E-state index is 9.42. The van der Waals surface area contributed by atoms with Crippen LogP contribution < -0.4 is 15.0 Å². The summed E-state index contributed by atoms with van der Waals surface area (Å²) in [4.78, 5) is 11.8. The highest BCUT2D eigenvalue weighted by Gasteiger charge is 2.38. The molecule has 0 radical (unpaired) electrons. The molecule has 33 heavy (non-hydrogen) atoms. The minimum Gasteiger partial charge on any atom is -0.495 e. The minimum atomic E-state index is -0.0235. The van der Waals surface area contributed by atoms with Crippen LogP contribution in [0.5, 0.6) is 5.75 Å². The van der Waals surface area contributed by atoms with Crippen molar-refractivity contribution < 1.29 is 9.47 Å². The number of methoxy groups -OCH3 is 1. The van der Waals surface area contributed by atoms with Gasteiger partial charge < -0.3 is 19.7 Å². The number of nitriles is 1. The smallest absolute Gasteiger partial charge is 0.144 e. The molecule has 0 saturated carbocycles. The fourth-order valence-corrected chi connectivity index (χ4v) is 5.19. The number of nitrogens with zero attached hydrogens (tertiary/aromatic N) is 4. The summed E-state index contributed by atoms with van der Waals surface area (Å²) in [6.45, 7) is 9.61. The topological polar surface area (TPSA) is 83.3 Å². The van der Waals surface area contributed by atoms with Crippen molar-refractivity contribution in [3.05, 3.63) is 52.8 Å². The van der Waals surface area contributed by atoms with Crippen LogP contribution >= 0.6 is 0 Å². The van der Waals surface area contributed by atoms with Crippen LogP contribution in [-0.2, 0) is 4.74 Å². The maximum Gasteiger partial charge on any atom is 0.144 e. The summed E-state index contributed by atoms with van der Waals surface area (Å²) in [7, 11) is 1.71. The van der Waals surface area contributed by atoms with Crippen molar-refractivity contribution in [2.45, 2.75) is 26.8 Å². The molecule has 2 saturated heterocycles. The molecule has 2 aliphatic heterocycles. The van der Waals surface area contributed by atoms with E-state index in [9.17, 15) is 5.26 Å². The van der Waals surface area contributed by atoms with Gasteiger partial charge in [0.25, 0.3) is 0 Å². The molecule has 3 aromatic rings. The summed E-state index contributed by atoms with van der Waals surface area (Å²) in [5.41, 5.74) is 4.69. The Hall–Kier alpha value is -3.37. The molecule has 0 bridgehead atoms. The van der Waals surface area contributed by atoms with Gasteiger partial charge >= 0.3 is 0 Å². The molecular weight excluding hydrogens is 414 g/mol. The van der Waals surface area contributed by atoms with Crippen molar-refractivity contribution in [1.82, 2.24) is 9.97 Å². The summed E-state index contributed by atoms with van der Waals surface area (Å²) in [6.07, 6.45) is 0. The predicted molar refractivity (Wildman–Crippen MR) is 129 cm³/mol. The normalized spacial score (nSPS) is 20.5. The van der Waals surface area contributed by atoms with Crippen LogP contribution in [-0.4, -0.2) is 43.4 Å². The van der Waals surface area contributed by atoms with Crippen molar-refractivity contribution >= 4 is 22.4 Å². The molecule has 0 spiro atoms. The van der Waals surface area contributed by atoms with E-state index in [2.05, 4.69) is 40.3 Å². The average Bonchev–Trinajstić information content (AvgIpc) is 3.40. The molecule has 5 rings (SSSR count). The number of hydrogen-bond donors (Lipinski definition) is 1. The second-order valence-corrected chi connectivity index (χ2v) is 9.12. The molecule has 3 heterocycles. The third-order valence-corrected chi connectivity index (χ3v) is 7.01. The molecule has 7 heteroatoms. The summed E-state index contributed by atoms with van der Waals surface area (Å²) in [6, 6.07) is 12.3. The van der Waals surface area contributed by atoms with E-state index in [0.29, 0.717) is 23.2 Å². The molecule has 2 aliphatic rings. The largest absolute Gasteiger partial charge is 0.495 e. The van der Waals surface area contributed by atoms with Crippen LogP contribution in [0.3, 0.4) is 0 Å². The molecule has 0 aliphatic carbocycles. The zero-order chi connectivity index (χ0) is 23.1. The van der Waals surface area contributed by atoms with Gasteiger partial charge in [-0.15, -0.1) is 0 Å². The fraction of sp³-hybridized carbons (Fsp3) is 0.423. The van der Waals surface area contributed by atoms with Gasteiger partial charge in [-0.1, -0.05) is 12.1 Å². The Labute approximate surface area is 194 Å². The highest BCUT2D eigenvalue weighted by molar-refractivity contribution is 5.94. The third-order valence-electron chi connectivity index (χ3n) is 7.01. The quantitative estimate of drug-likeness (QED) is 0.626. The van der Waals surface area contributed by atoms with Gasteiger partial charge in [0, 0.05) is 36.4 Å². The third kappa shape index (κ3) is 3.85. The van der Waals surface area contributed by atoms with Crippen molar-refractivity contribution in [3.8, 4) is 11.8 Å². The highest BCUT2D eigenvalue weighted by Crippen LogP contribution is 2.40. The second-order valence-electron chi connectivity index (χ2n) is 9.12. The molecule has 1 N–H and O–H groups in total. The molecule has 2 aromatic carbocycles. The first-order valence-corrected chi connectivity index (χ1v) is 11.4. The van der Waals surface area contributed by atoms with Crippen LogP contribution in [0.1, 0.15) is 35.5 Å². The first-order valence-electron chi connectivity index (χ1n) is 11.4. The Morgan fingerprint density at radius 3 is 2.64 bits per heavy atom. The first kappa shape index (κ1) is 21.5. The number of aryl methyl sites for hydroxylation is 1. The number of aromatic nitrogens is 2. The van der Waals surface area contributed by atoms with E-state index in [-0.39, 0.29) is 6.04 Å². The second kappa shape index (κ2) is 8.53. The first-order chi connectivity index (χ1) is 16.0. The van der Waals surface area contributed by atoms with Gasteiger partial charge in [-0.3, -0.25) is 0 Å². The Morgan fingerprint density at radius 2 is 1.94 bits per heavy atom. The van der Waals surface area contributed by atoms with E-state index >= 15 is 0 Å². The Balaban J connectivity index is 1.54. The average molecular weight is 444 g/mol. The zero-order valence-corrected chi connectivity index (χ0v) is 19.6. The van der Waals surface area contributed by atoms with Crippen LogP contribution in [0.2, 0.25) is 0 Å². The number of hydrogen-bond acceptors (Lipinski definition) is 7. The fourth-order valence-electron chi connectivity index (χ4n) is 5.19. The van der Waals surface area contributed by atoms with Gasteiger partial charge in [0.1, 0.15) is 17.4 Å². The van der Waals surface area contributed by atoms with Gasteiger partial charge in [-0.25, -0.2) is 9.97 Å². The summed E-state index contributed by atoms with van der Waals surface area (Å²) in [5, 5.41) is 14.0. The molecule has 1 aromatic heterocycles. The van der Waals surface area contributed by atoms with E-state index in [1.54, 1.807) is 7.11 Å². The van der Waals surface area contributed by atoms with Gasteiger partial charge in [0.05, 0.1) is 49.2 Å². The molecule has 0 amide bonds. The number of ether oxygens (including phenoxy) is 2. The molecule has 170 valence electrons. The highest BCUT2D eigenvalue weighted by atomic mass is 16.5. The number of anilines is 2. The Morgan fingerprint density at radius 1 is 1.18 bits per heavy atom. The molecular formula is C26H29N5O2. The molecule has 3 unspecified atom stereocenters. The monoisotopic (exact) mass is 443 g/mol. The van der Waals surface area contributed by atoms with E-state index in [1.807, 2.05) is 32.0 Å². The van der Waals surface area contributed by atoms with Crippen LogP contribution in [0, 0.1) is 37.0 Å². The van der Waals surface area contributed by atoms with Crippen molar-refractivity contribution in [2.75, 3.05) is 43.6 Å². The molecule has 3 atom stereocenters. The van der Waals surface area contributed by atoms with E-state index in [0.717, 1.165) is 65.6 Å². The van der Waals surface area contributed by atoms with Crippen LogP contribution in [0.15, 0.2) is 30.3 Å². The van der Waals surface area contributed by atoms with Crippen LogP contribution in [0.25, 0.3) is 10.9 Å². The Bertz CT molecular complexity index is 1240. The van der Waals surface area contributed by atoms with Crippen LogP contribution in [0.4, 0.5) is 11.5 Å². The van der Waals surface area contributed by atoms with Gasteiger partial charge in [0.2, 0.25) is 0 Å².